The van der Waals surface area contributed by atoms with Crippen molar-refractivity contribution in [3.8, 4) is 0 Å². The van der Waals surface area contributed by atoms with E-state index in [1.807, 2.05) is 48.4 Å². The SMILES string of the molecule is C.C=C/C=C\C(=C/C=C)Nc1ncc2c(n1)N(C)c1ccccc1C(=O)N2C. The predicted molar refractivity (Wildman–Crippen MR) is 117 cm³/mol. The molecule has 3 rings (SSSR count). The van der Waals surface area contributed by atoms with Crippen LogP contribution < -0.4 is 15.1 Å². The molecule has 0 aliphatic carbocycles. The number of fused-ring (bicyclic) bond motifs is 2. The van der Waals surface area contributed by atoms with Gasteiger partial charge in [0.15, 0.2) is 5.82 Å². The van der Waals surface area contributed by atoms with Crippen LogP contribution in [0.25, 0.3) is 0 Å². The van der Waals surface area contributed by atoms with Gasteiger partial charge in [0.25, 0.3) is 5.91 Å². The molecular formula is C22H25N5O. The molecule has 2 heterocycles. The number of para-hydroxylation sites is 1. The van der Waals surface area contributed by atoms with Crippen LogP contribution >= 0.6 is 0 Å². The third-order valence-electron chi connectivity index (χ3n) is 4.19. The lowest BCUT2D eigenvalue weighted by Crippen LogP contribution is -2.25. The number of hydrogen-bond donors (Lipinski definition) is 1. The van der Waals surface area contributed by atoms with Crippen molar-refractivity contribution in [3.05, 3.63) is 85.3 Å². The van der Waals surface area contributed by atoms with Gasteiger partial charge < -0.3 is 15.1 Å². The first-order valence-electron chi connectivity index (χ1n) is 8.43. The maximum Gasteiger partial charge on any atom is 0.260 e. The van der Waals surface area contributed by atoms with E-state index in [4.69, 9.17) is 0 Å². The van der Waals surface area contributed by atoms with Gasteiger partial charge in [-0.15, -0.1) is 0 Å². The molecule has 1 aliphatic heterocycles. The van der Waals surface area contributed by atoms with Crippen molar-refractivity contribution in [2.45, 2.75) is 7.43 Å². The Bertz CT molecular complexity index is 961. The minimum Gasteiger partial charge on any atom is -0.327 e. The fraction of sp³-hybridized carbons (Fsp3) is 0.136. The van der Waals surface area contributed by atoms with Crippen LogP contribution in [0.15, 0.2) is 79.7 Å². The van der Waals surface area contributed by atoms with E-state index in [0.29, 0.717) is 23.0 Å². The fourth-order valence-electron chi connectivity index (χ4n) is 2.83. The molecule has 1 aromatic heterocycles. The zero-order chi connectivity index (χ0) is 19.4. The van der Waals surface area contributed by atoms with Gasteiger partial charge in [-0.25, -0.2) is 4.98 Å². The third-order valence-corrected chi connectivity index (χ3v) is 4.19. The minimum absolute atomic E-state index is 0. The number of amides is 1. The van der Waals surface area contributed by atoms with E-state index < -0.39 is 0 Å². The lowest BCUT2D eigenvalue weighted by atomic mass is 10.1. The molecule has 2 aromatic rings. The van der Waals surface area contributed by atoms with E-state index in [-0.39, 0.29) is 13.3 Å². The van der Waals surface area contributed by atoms with Gasteiger partial charge in [0, 0.05) is 19.8 Å². The molecule has 0 atom stereocenters. The molecular weight excluding hydrogens is 350 g/mol. The second kappa shape index (κ2) is 8.81. The molecule has 6 heteroatoms. The number of nitrogens with one attached hydrogen (secondary N) is 1. The van der Waals surface area contributed by atoms with E-state index in [0.717, 1.165) is 11.4 Å². The van der Waals surface area contributed by atoms with Gasteiger partial charge in [-0.05, 0) is 24.3 Å². The quantitative estimate of drug-likeness (QED) is 0.768. The van der Waals surface area contributed by atoms with Crippen molar-refractivity contribution in [3.63, 3.8) is 0 Å². The van der Waals surface area contributed by atoms with E-state index in [1.54, 1.807) is 36.4 Å². The fourth-order valence-corrected chi connectivity index (χ4v) is 2.83. The average Bonchev–Trinajstić information content (AvgIpc) is 2.77. The molecule has 1 amide bonds. The summed E-state index contributed by atoms with van der Waals surface area (Å²) < 4.78 is 0. The summed E-state index contributed by atoms with van der Waals surface area (Å²) in [5.41, 5.74) is 2.83. The zero-order valence-corrected chi connectivity index (χ0v) is 15.4. The number of hydrogen-bond acceptors (Lipinski definition) is 5. The van der Waals surface area contributed by atoms with Crippen LogP contribution in [0, 0.1) is 0 Å². The first-order chi connectivity index (χ1) is 13.1. The largest absolute Gasteiger partial charge is 0.327 e. The molecule has 1 aromatic carbocycles. The van der Waals surface area contributed by atoms with Gasteiger partial charge in [-0.1, -0.05) is 50.9 Å². The van der Waals surface area contributed by atoms with Gasteiger partial charge in [0.1, 0.15) is 5.69 Å². The van der Waals surface area contributed by atoms with E-state index >= 15 is 0 Å². The van der Waals surface area contributed by atoms with Crippen LogP contribution in [-0.2, 0) is 0 Å². The second-order valence-corrected chi connectivity index (χ2v) is 5.92. The molecule has 0 radical (unpaired) electrons. The zero-order valence-electron chi connectivity index (χ0n) is 15.4. The number of anilines is 4. The van der Waals surface area contributed by atoms with Crippen LogP contribution in [0.3, 0.4) is 0 Å². The summed E-state index contributed by atoms with van der Waals surface area (Å²) in [6.07, 6.45) is 10.5. The summed E-state index contributed by atoms with van der Waals surface area (Å²) in [7, 11) is 3.61. The Labute approximate surface area is 166 Å². The standard InChI is InChI=1S/C21H21N5O.CH4/c1-5-7-11-15(10-6-2)23-21-22-14-18-19(24-21)25(3)17-13-9-8-12-16(17)20(27)26(18)4;/h5-14H,1-2H2,3-4H3,(H,22,23,24);1H4/b11-7-,15-10+;. The van der Waals surface area contributed by atoms with Crippen LogP contribution in [-0.4, -0.2) is 30.0 Å². The Morgan fingerprint density at radius 1 is 1.11 bits per heavy atom. The van der Waals surface area contributed by atoms with Crippen LogP contribution in [0.1, 0.15) is 17.8 Å². The Morgan fingerprint density at radius 2 is 1.86 bits per heavy atom. The lowest BCUT2D eigenvalue weighted by Gasteiger charge is -2.21. The van der Waals surface area contributed by atoms with Crippen molar-refractivity contribution in [2.75, 3.05) is 29.2 Å². The van der Waals surface area contributed by atoms with E-state index in [9.17, 15) is 4.79 Å². The number of allylic oxidation sites excluding steroid dienone is 5. The summed E-state index contributed by atoms with van der Waals surface area (Å²) in [5.74, 6) is 0.961. The molecule has 0 saturated carbocycles. The molecule has 28 heavy (non-hydrogen) atoms. The molecule has 1 N–H and O–H groups in total. The Balaban J connectivity index is 0.00000280. The number of rotatable bonds is 5. The highest BCUT2D eigenvalue weighted by atomic mass is 16.2. The van der Waals surface area contributed by atoms with E-state index in [1.165, 1.54) is 0 Å². The van der Waals surface area contributed by atoms with Crippen LogP contribution in [0.2, 0.25) is 0 Å². The molecule has 0 bridgehead atoms. The molecule has 0 spiro atoms. The van der Waals surface area contributed by atoms with Gasteiger partial charge in [-0.2, -0.15) is 4.98 Å². The van der Waals surface area contributed by atoms with Crippen molar-refractivity contribution in [1.82, 2.24) is 9.97 Å². The van der Waals surface area contributed by atoms with Gasteiger partial charge >= 0.3 is 0 Å². The number of aromatic nitrogens is 2. The van der Waals surface area contributed by atoms with Crippen molar-refractivity contribution < 1.29 is 4.79 Å². The van der Waals surface area contributed by atoms with E-state index in [2.05, 4.69) is 28.4 Å². The Morgan fingerprint density at radius 3 is 2.57 bits per heavy atom. The van der Waals surface area contributed by atoms with Gasteiger partial charge in [0.2, 0.25) is 5.95 Å². The number of nitrogens with zero attached hydrogens (tertiary/aromatic N) is 4. The average molecular weight is 375 g/mol. The molecule has 1 aliphatic rings. The van der Waals surface area contributed by atoms with Crippen molar-refractivity contribution >= 4 is 29.0 Å². The number of carbonyl (C=O) groups excluding carboxylic acids is 1. The highest BCUT2D eigenvalue weighted by molar-refractivity contribution is 6.13. The lowest BCUT2D eigenvalue weighted by molar-refractivity contribution is 0.0994. The summed E-state index contributed by atoms with van der Waals surface area (Å²) in [4.78, 5) is 25.3. The minimum atomic E-state index is -0.0957. The second-order valence-electron chi connectivity index (χ2n) is 5.92. The number of carbonyl (C=O) groups is 1. The van der Waals surface area contributed by atoms with Crippen LogP contribution in [0.4, 0.5) is 23.1 Å². The smallest absolute Gasteiger partial charge is 0.260 e. The predicted octanol–water partition coefficient (Wildman–Crippen LogP) is 4.69. The number of benzene rings is 1. The molecule has 0 saturated heterocycles. The maximum atomic E-state index is 12.8. The highest BCUT2D eigenvalue weighted by Gasteiger charge is 2.28. The van der Waals surface area contributed by atoms with Crippen LogP contribution in [0.5, 0.6) is 0 Å². The first kappa shape index (κ1) is 20.6. The van der Waals surface area contributed by atoms with Gasteiger partial charge in [-0.3, -0.25) is 4.79 Å². The summed E-state index contributed by atoms with van der Waals surface area (Å²) >= 11 is 0. The normalized spacial score (nSPS) is 13.4. The highest BCUT2D eigenvalue weighted by Crippen LogP contribution is 2.37. The maximum absolute atomic E-state index is 12.8. The summed E-state index contributed by atoms with van der Waals surface area (Å²) in [6, 6.07) is 7.47. The summed E-state index contributed by atoms with van der Waals surface area (Å²) in [6.45, 7) is 7.39. The third kappa shape index (κ3) is 3.86. The van der Waals surface area contributed by atoms with Gasteiger partial charge in [0.05, 0.1) is 17.4 Å². The van der Waals surface area contributed by atoms with Crippen molar-refractivity contribution in [2.24, 2.45) is 0 Å². The van der Waals surface area contributed by atoms with Crippen molar-refractivity contribution in [1.29, 1.82) is 0 Å². The monoisotopic (exact) mass is 375 g/mol. The molecule has 144 valence electrons. The molecule has 0 fully saturated rings. The summed E-state index contributed by atoms with van der Waals surface area (Å²) in [5, 5.41) is 3.16. The topological polar surface area (TPSA) is 61.4 Å². The first-order valence-corrected chi connectivity index (χ1v) is 8.43. The molecule has 6 nitrogen and oxygen atoms in total. The Hall–Kier alpha value is -3.67. The Kier molecular flexibility index (Phi) is 6.50. The molecule has 0 unspecified atom stereocenters.